The van der Waals surface area contributed by atoms with Crippen molar-refractivity contribution in [2.45, 2.75) is 129 Å². The standard InChI is InChI=1S/C47H72BN5O5/c1-33(39-21-22-40-38-20-19-35-31-37(54)24-26-46(35,2)41(38)25-27-47(39,40)3)18-23-44(55)50-28-12-11-17-43(51-49-4)45(56)53(36-14-7-6-8-15-36)30-29-52(5)32-34-13-9-10-16-42(34)48(57)58/h6-10,13-16,33,35,37-41,43,51,54,57-58H,4,11-12,17-32H2,1-3,5H3,(H,50,55)/t33?,35-,37-,38?,39?,40?,41?,43?,46+,47-/m0/s1. The number of para-hydroxylation sites is 1. The first-order valence-corrected chi connectivity index (χ1v) is 22.5. The van der Waals surface area contributed by atoms with Crippen LogP contribution in [0.25, 0.3) is 0 Å². The van der Waals surface area contributed by atoms with E-state index in [1.165, 1.54) is 44.9 Å². The van der Waals surface area contributed by atoms with Gasteiger partial charge in [0, 0.05) is 45.0 Å². The Morgan fingerprint density at radius 1 is 0.914 bits per heavy atom. The van der Waals surface area contributed by atoms with E-state index in [0.29, 0.717) is 73.1 Å². The Balaban J connectivity index is 0.942. The molecule has 6 unspecified atom stereocenters. The van der Waals surface area contributed by atoms with Crippen LogP contribution in [-0.4, -0.2) is 84.5 Å². The molecule has 5 N–H and O–H groups in total. The van der Waals surface area contributed by atoms with Crippen LogP contribution in [0.2, 0.25) is 0 Å². The number of benzene rings is 2. The van der Waals surface area contributed by atoms with Crippen LogP contribution in [0.3, 0.4) is 0 Å². The predicted octanol–water partition coefficient (Wildman–Crippen LogP) is 6.13. The largest absolute Gasteiger partial charge is 0.488 e. The molecule has 0 aromatic heterocycles. The third-order valence-electron chi connectivity index (χ3n) is 15.8. The molecule has 0 radical (unpaired) electrons. The first kappa shape index (κ1) is 44.3. The summed E-state index contributed by atoms with van der Waals surface area (Å²) in [7, 11) is 0.406. The first-order chi connectivity index (χ1) is 27.9. The van der Waals surface area contributed by atoms with Crippen molar-refractivity contribution in [1.29, 1.82) is 0 Å². The maximum absolute atomic E-state index is 14.1. The van der Waals surface area contributed by atoms with Crippen molar-refractivity contribution in [3.05, 3.63) is 60.2 Å². The lowest BCUT2D eigenvalue weighted by Crippen LogP contribution is -2.54. The number of rotatable bonds is 19. The molecular weight excluding hydrogens is 725 g/mol. The van der Waals surface area contributed by atoms with Crippen LogP contribution in [-0.2, 0) is 16.1 Å². The molecule has 0 spiro atoms. The van der Waals surface area contributed by atoms with Crippen molar-refractivity contribution in [2.24, 2.45) is 51.4 Å². The van der Waals surface area contributed by atoms with E-state index in [1.807, 2.05) is 49.5 Å². The van der Waals surface area contributed by atoms with E-state index in [0.717, 1.165) is 61.1 Å². The summed E-state index contributed by atoms with van der Waals surface area (Å²) < 4.78 is 0. The Kier molecular flexibility index (Phi) is 15.2. The van der Waals surface area contributed by atoms with Crippen LogP contribution in [0.5, 0.6) is 0 Å². The molecule has 2 aromatic rings. The summed E-state index contributed by atoms with van der Waals surface area (Å²) in [4.78, 5) is 31.0. The number of carbonyl (C=O) groups excluding carboxylic acids is 2. The summed E-state index contributed by atoms with van der Waals surface area (Å²) in [6.07, 6.45) is 14.6. The van der Waals surface area contributed by atoms with Gasteiger partial charge in [-0.2, -0.15) is 5.10 Å². The van der Waals surface area contributed by atoms with E-state index < -0.39 is 13.2 Å². The quantitative estimate of drug-likeness (QED) is 0.0500. The number of fused-ring (bicyclic) bond motifs is 5. The van der Waals surface area contributed by atoms with Crippen LogP contribution in [0.1, 0.15) is 116 Å². The normalized spacial score (nSPS) is 30.0. The molecule has 2 amide bonds. The number of nitrogens with zero attached hydrogens (tertiary/aromatic N) is 3. The molecule has 0 aliphatic heterocycles. The zero-order valence-electron chi connectivity index (χ0n) is 35.8. The van der Waals surface area contributed by atoms with E-state index in [-0.39, 0.29) is 17.9 Å². The van der Waals surface area contributed by atoms with E-state index in [1.54, 1.807) is 17.0 Å². The van der Waals surface area contributed by atoms with Crippen LogP contribution < -0.4 is 21.1 Å². The number of amides is 2. The lowest BCUT2D eigenvalue weighted by Gasteiger charge is -2.61. The van der Waals surface area contributed by atoms with E-state index >= 15 is 0 Å². The van der Waals surface area contributed by atoms with Gasteiger partial charge >= 0.3 is 7.12 Å². The SMILES string of the molecule is C=NNC(CCCCNC(=O)CCC(C)C1CCC2C3CC[C@H]4C[C@@H](O)CC[C@@]4(C)C3CC[C@@]12C)C(=O)N(CCN(C)Cc1ccccc1B(O)O)c1ccccc1. The third-order valence-corrected chi connectivity index (χ3v) is 15.8. The molecule has 10 nitrogen and oxygen atoms in total. The fraction of sp³-hybridized carbons (Fsp3) is 0.681. The van der Waals surface area contributed by atoms with Crippen molar-refractivity contribution in [3.8, 4) is 0 Å². The van der Waals surface area contributed by atoms with Gasteiger partial charge in [-0.25, -0.2) is 0 Å². The molecule has 4 saturated carbocycles. The van der Waals surface area contributed by atoms with Gasteiger partial charge in [0.1, 0.15) is 6.04 Å². The molecule has 6 rings (SSSR count). The molecule has 0 heterocycles. The molecule has 0 saturated heterocycles. The summed E-state index contributed by atoms with van der Waals surface area (Å²) in [5.41, 5.74) is 5.82. The molecule has 4 fully saturated rings. The highest BCUT2D eigenvalue weighted by Gasteiger charge is 2.60. The fourth-order valence-corrected chi connectivity index (χ4v) is 12.6. The Morgan fingerprint density at radius 3 is 2.40 bits per heavy atom. The predicted molar refractivity (Wildman–Crippen MR) is 234 cm³/mol. The second-order valence-corrected chi connectivity index (χ2v) is 19.2. The summed E-state index contributed by atoms with van der Waals surface area (Å²) in [5, 5.41) is 37.1. The van der Waals surface area contributed by atoms with Crippen LogP contribution >= 0.6 is 0 Å². The molecule has 0 bridgehead atoms. The number of likely N-dealkylation sites (N-methyl/N-ethyl adjacent to an activating group) is 1. The van der Waals surface area contributed by atoms with Gasteiger partial charge < -0.3 is 30.3 Å². The number of carbonyl (C=O) groups is 2. The third kappa shape index (κ3) is 10.0. The summed E-state index contributed by atoms with van der Waals surface area (Å²) in [6, 6.07) is 16.3. The minimum atomic E-state index is -1.55. The molecule has 2 aromatic carbocycles. The van der Waals surface area contributed by atoms with Crippen LogP contribution in [0.15, 0.2) is 59.7 Å². The first-order valence-electron chi connectivity index (χ1n) is 22.5. The second kappa shape index (κ2) is 19.9. The molecule has 318 valence electrons. The number of aliphatic hydroxyl groups excluding tert-OH is 1. The highest BCUT2D eigenvalue weighted by molar-refractivity contribution is 6.59. The molecule has 58 heavy (non-hydrogen) atoms. The lowest BCUT2D eigenvalue weighted by atomic mass is 9.44. The topological polar surface area (TPSA) is 138 Å². The number of hydrogen-bond donors (Lipinski definition) is 5. The Bertz CT molecular complexity index is 1660. The van der Waals surface area contributed by atoms with E-state index in [9.17, 15) is 24.7 Å². The molecule has 4 aliphatic carbocycles. The fourth-order valence-electron chi connectivity index (χ4n) is 12.6. The van der Waals surface area contributed by atoms with Gasteiger partial charge in [0.25, 0.3) is 5.91 Å². The van der Waals surface area contributed by atoms with E-state index in [2.05, 4.69) is 48.2 Å². The van der Waals surface area contributed by atoms with Gasteiger partial charge in [0.05, 0.1) is 6.10 Å². The summed E-state index contributed by atoms with van der Waals surface area (Å²) in [5.74, 6) is 4.37. The Hall–Kier alpha value is -3.25. The Morgan fingerprint density at radius 2 is 1.64 bits per heavy atom. The van der Waals surface area contributed by atoms with Gasteiger partial charge in [-0.1, -0.05) is 63.2 Å². The number of nitrogens with one attached hydrogen (secondary N) is 2. The molecular formula is C47H72BN5O5. The zero-order valence-corrected chi connectivity index (χ0v) is 35.8. The van der Waals surface area contributed by atoms with Crippen molar-refractivity contribution in [3.63, 3.8) is 0 Å². The van der Waals surface area contributed by atoms with Crippen LogP contribution in [0.4, 0.5) is 5.69 Å². The van der Waals surface area contributed by atoms with Gasteiger partial charge in [-0.05, 0) is 160 Å². The second-order valence-electron chi connectivity index (χ2n) is 19.2. The van der Waals surface area contributed by atoms with Gasteiger partial charge in [-0.15, -0.1) is 0 Å². The summed E-state index contributed by atoms with van der Waals surface area (Å²) >= 11 is 0. The zero-order chi connectivity index (χ0) is 41.5. The van der Waals surface area contributed by atoms with Crippen molar-refractivity contribution >= 4 is 36.8 Å². The number of anilines is 1. The number of aliphatic hydroxyl groups is 1. The maximum atomic E-state index is 14.1. The minimum Gasteiger partial charge on any atom is -0.423 e. The lowest BCUT2D eigenvalue weighted by molar-refractivity contribution is -0.129. The monoisotopic (exact) mass is 798 g/mol. The minimum absolute atomic E-state index is 0.0912. The molecule has 10 atom stereocenters. The molecule has 11 heteroatoms. The van der Waals surface area contributed by atoms with E-state index in [4.69, 9.17) is 0 Å². The van der Waals surface area contributed by atoms with Crippen molar-refractivity contribution < 1.29 is 24.7 Å². The Labute approximate surface area is 348 Å². The molecule has 4 aliphatic rings. The smallest absolute Gasteiger partial charge is 0.423 e. The van der Waals surface area contributed by atoms with Crippen LogP contribution in [0, 0.1) is 46.3 Å². The number of hydrazone groups is 1. The van der Waals surface area contributed by atoms with Gasteiger partial charge in [0.2, 0.25) is 5.91 Å². The number of unbranched alkanes of at least 4 members (excludes halogenated alkanes) is 1. The summed E-state index contributed by atoms with van der Waals surface area (Å²) in [6.45, 7) is 13.2. The van der Waals surface area contributed by atoms with Gasteiger partial charge in [-0.3, -0.25) is 15.0 Å². The van der Waals surface area contributed by atoms with Crippen molar-refractivity contribution in [1.82, 2.24) is 15.6 Å². The number of hydrogen-bond acceptors (Lipinski definition) is 8. The van der Waals surface area contributed by atoms with Crippen molar-refractivity contribution in [2.75, 3.05) is 31.6 Å². The maximum Gasteiger partial charge on any atom is 0.488 e. The average Bonchev–Trinajstić information content (AvgIpc) is 3.57. The average molecular weight is 798 g/mol. The highest BCUT2D eigenvalue weighted by atomic mass is 16.4. The highest BCUT2D eigenvalue weighted by Crippen LogP contribution is 2.68. The van der Waals surface area contributed by atoms with Gasteiger partial charge in [0.15, 0.2) is 0 Å².